The van der Waals surface area contributed by atoms with E-state index >= 15 is 0 Å². The Morgan fingerprint density at radius 2 is 2.29 bits per heavy atom. The number of esters is 1. The van der Waals surface area contributed by atoms with E-state index in [1.54, 1.807) is 25.2 Å². The number of rotatable bonds is 3. The molecule has 1 atom stereocenters. The molecule has 0 saturated carbocycles. The molecule has 0 saturated heterocycles. The Morgan fingerprint density at radius 3 is 3.00 bits per heavy atom. The lowest BCUT2D eigenvalue weighted by atomic mass is 10.3. The van der Waals surface area contributed by atoms with Gasteiger partial charge in [0, 0.05) is 5.39 Å². The van der Waals surface area contributed by atoms with E-state index < -0.39 is 12.0 Å². The molecule has 0 unspecified atom stereocenters. The predicted molar refractivity (Wildman–Crippen MR) is 80.9 cm³/mol. The Hall–Kier alpha value is -2.15. The Bertz CT molecular complexity index is 890. The highest BCUT2D eigenvalue weighted by molar-refractivity contribution is 7.16. The molecule has 0 amide bonds. The van der Waals surface area contributed by atoms with Gasteiger partial charge in [-0.2, -0.15) is 5.10 Å². The quantitative estimate of drug-likeness (QED) is 0.695. The highest BCUT2D eigenvalue weighted by atomic mass is 32.1. The molecule has 0 aromatic carbocycles. The predicted octanol–water partition coefficient (Wildman–Crippen LogP) is 2.14. The molecule has 0 spiro atoms. The molecule has 0 aliphatic heterocycles. The van der Waals surface area contributed by atoms with Gasteiger partial charge < -0.3 is 4.74 Å². The maximum atomic E-state index is 12.6. The minimum atomic E-state index is -0.742. The Morgan fingerprint density at radius 1 is 1.52 bits per heavy atom. The number of aryl methyl sites for hydroxylation is 1. The highest BCUT2D eigenvalue weighted by Crippen LogP contribution is 2.24. The largest absolute Gasteiger partial charge is 0.464 e. The van der Waals surface area contributed by atoms with Gasteiger partial charge in [0.25, 0.3) is 5.56 Å². The fraction of sp³-hybridized carbons (Fsp3) is 0.357. The maximum Gasteiger partial charge on any atom is 0.330 e. The summed E-state index contributed by atoms with van der Waals surface area (Å²) in [5.74, 6) is 0.211. The van der Waals surface area contributed by atoms with Crippen LogP contribution >= 0.6 is 11.3 Å². The molecule has 0 bridgehead atoms. The average molecular weight is 305 g/mol. The van der Waals surface area contributed by atoms with Gasteiger partial charge in [-0.25, -0.2) is 9.48 Å². The van der Waals surface area contributed by atoms with E-state index in [1.807, 2.05) is 28.8 Å². The second-order valence-corrected chi connectivity index (χ2v) is 5.67. The molecule has 3 heterocycles. The van der Waals surface area contributed by atoms with Crippen molar-refractivity contribution in [1.82, 2.24) is 14.2 Å². The summed E-state index contributed by atoms with van der Waals surface area (Å²) >= 11 is 1.56. The zero-order valence-electron chi connectivity index (χ0n) is 12.0. The van der Waals surface area contributed by atoms with E-state index in [2.05, 4.69) is 5.10 Å². The lowest BCUT2D eigenvalue weighted by molar-refractivity contribution is -0.147. The topological polar surface area (TPSA) is 65.6 Å². The van der Waals surface area contributed by atoms with Crippen LogP contribution in [0.15, 0.2) is 22.3 Å². The summed E-state index contributed by atoms with van der Waals surface area (Å²) in [6.45, 7) is 5.45. The third-order valence-electron chi connectivity index (χ3n) is 3.41. The molecule has 0 aliphatic carbocycles. The number of aromatic nitrogens is 3. The van der Waals surface area contributed by atoms with E-state index in [0.29, 0.717) is 11.3 Å². The summed E-state index contributed by atoms with van der Waals surface area (Å²) in [5, 5.41) is 7.26. The minimum absolute atomic E-state index is 0.278. The molecule has 3 aromatic heterocycles. The summed E-state index contributed by atoms with van der Waals surface area (Å²) in [7, 11) is 0. The Balaban J connectivity index is 2.24. The fourth-order valence-corrected chi connectivity index (χ4v) is 3.33. The van der Waals surface area contributed by atoms with Crippen molar-refractivity contribution in [2.24, 2.45) is 0 Å². The fourth-order valence-electron chi connectivity index (χ4n) is 2.39. The van der Waals surface area contributed by atoms with Crippen LogP contribution in [0.1, 0.15) is 25.7 Å². The number of nitrogens with zero attached hydrogens (tertiary/aromatic N) is 3. The first kappa shape index (κ1) is 13.8. The summed E-state index contributed by atoms with van der Waals surface area (Å²) in [4.78, 5) is 25.4. The van der Waals surface area contributed by atoms with Crippen LogP contribution in [0.2, 0.25) is 0 Å². The third-order valence-corrected chi connectivity index (χ3v) is 4.32. The molecule has 3 aromatic rings. The zero-order chi connectivity index (χ0) is 15.1. The normalized spacial score (nSPS) is 12.9. The molecule has 7 heteroatoms. The van der Waals surface area contributed by atoms with Crippen LogP contribution in [0.25, 0.3) is 15.7 Å². The van der Waals surface area contributed by atoms with Gasteiger partial charge >= 0.3 is 5.97 Å². The van der Waals surface area contributed by atoms with Crippen LogP contribution in [0.3, 0.4) is 0 Å². The number of carbonyl (C=O) groups is 1. The zero-order valence-corrected chi connectivity index (χ0v) is 12.8. The van der Waals surface area contributed by atoms with Crippen molar-refractivity contribution in [3.8, 4) is 0 Å². The van der Waals surface area contributed by atoms with Crippen molar-refractivity contribution in [2.45, 2.75) is 26.8 Å². The number of ether oxygens (including phenoxy) is 1. The minimum Gasteiger partial charge on any atom is -0.464 e. The summed E-state index contributed by atoms with van der Waals surface area (Å²) < 4.78 is 8.00. The molecule has 6 nitrogen and oxygen atoms in total. The monoisotopic (exact) mass is 305 g/mol. The Kier molecular flexibility index (Phi) is 3.29. The first-order valence-electron chi connectivity index (χ1n) is 6.69. The smallest absolute Gasteiger partial charge is 0.330 e. The molecule has 0 radical (unpaired) electrons. The van der Waals surface area contributed by atoms with Crippen LogP contribution in [0.4, 0.5) is 0 Å². The third kappa shape index (κ3) is 2.04. The molecular formula is C14H15N3O3S. The lowest BCUT2D eigenvalue weighted by Crippen LogP contribution is -2.33. The Labute approximate surface area is 124 Å². The molecule has 0 fully saturated rings. The van der Waals surface area contributed by atoms with Crippen molar-refractivity contribution in [2.75, 3.05) is 6.61 Å². The lowest BCUT2D eigenvalue weighted by Gasteiger charge is -2.14. The van der Waals surface area contributed by atoms with Crippen LogP contribution < -0.4 is 5.56 Å². The molecule has 0 aliphatic rings. The first-order chi connectivity index (χ1) is 10.0. The van der Waals surface area contributed by atoms with Crippen LogP contribution in [0, 0.1) is 6.92 Å². The van der Waals surface area contributed by atoms with Gasteiger partial charge in [0.1, 0.15) is 16.2 Å². The average Bonchev–Trinajstić information content (AvgIpc) is 3.02. The van der Waals surface area contributed by atoms with Crippen LogP contribution in [-0.4, -0.2) is 26.8 Å². The molecule has 21 heavy (non-hydrogen) atoms. The van der Waals surface area contributed by atoms with Crippen molar-refractivity contribution in [3.05, 3.63) is 33.7 Å². The molecular weight excluding hydrogens is 290 g/mol. The van der Waals surface area contributed by atoms with Crippen molar-refractivity contribution < 1.29 is 9.53 Å². The molecule has 110 valence electrons. The van der Waals surface area contributed by atoms with Gasteiger partial charge in [-0.1, -0.05) is 0 Å². The van der Waals surface area contributed by atoms with E-state index in [0.717, 1.165) is 10.2 Å². The van der Waals surface area contributed by atoms with Gasteiger partial charge in [0.05, 0.1) is 6.61 Å². The van der Waals surface area contributed by atoms with E-state index in [-0.39, 0.29) is 12.2 Å². The summed E-state index contributed by atoms with van der Waals surface area (Å²) in [6, 6.07) is 3.05. The standard InChI is InChI=1S/C14H15N3O3S/c1-4-20-14(19)8(2)17-12(18)11-7-10-5-6-21-13(10)16(11)9(3)15-17/h5-8H,4H2,1-3H3/t8-/m0/s1. The number of carbonyl (C=O) groups excluding carboxylic acids is 1. The van der Waals surface area contributed by atoms with E-state index in [4.69, 9.17) is 4.74 Å². The van der Waals surface area contributed by atoms with E-state index in [9.17, 15) is 9.59 Å². The van der Waals surface area contributed by atoms with Gasteiger partial charge in [0.2, 0.25) is 0 Å². The van der Waals surface area contributed by atoms with Crippen LogP contribution in [0.5, 0.6) is 0 Å². The summed E-state index contributed by atoms with van der Waals surface area (Å²) in [6.07, 6.45) is 0. The maximum absolute atomic E-state index is 12.6. The first-order valence-corrected chi connectivity index (χ1v) is 7.57. The number of hydrogen-bond acceptors (Lipinski definition) is 5. The van der Waals surface area contributed by atoms with E-state index in [1.165, 1.54) is 4.68 Å². The number of fused-ring (bicyclic) bond motifs is 3. The highest BCUT2D eigenvalue weighted by Gasteiger charge is 2.21. The number of hydrogen-bond donors (Lipinski definition) is 0. The second-order valence-electron chi connectivity index (χ2n) is 4.77. The van der Waals surface area contributed by atoms with Gasteiger partial charge in [-0.05, 0) is 38.3 Å². The second kappa shape index (κ2) is 5.00. The molecule has 0 N–H and O–H groups in total. The number of thiophene rings is 1. The van der Waals surface area contributed by atoms with Crippen molar-refractivity contribution >= 4 is 33.0 Å². The summed E-state index contributed by atoms with van der Waals surface area (Å²) in [5.41, 5.74) is 0.241. The van der Waals surface area contributed by atoms with Crippen molar-refractivity contribution in [3.63, 3.8) is 0 Å². The van der Waals surface area contributed by atoms with Gasteiger partial charge in [0.15, 0.2) is 6.04 Å². The SMILES string of the molecule is CCOC(=O)[C@H](C)n1nc(C)n2c(cc3ccsc32)c1=O. The molecule has 3 rings (SSSR count). The van der Waals surface area contributed by atoms with Crippen LogP contribution in [-0.2, 0) is 9.53 Å². The van der Waals surface area contributed by atoms with Gasteiger partial charge in [-0.15, -0.1) is 11.3 Å². The van der Waals surface area contributed by atoms with Gasteiger partial charge in [-0.3, -0.25) is 9.20 Å². The van der Waals surface area contributed by atoms with Crippen molar-refractivity contribution in [1.29, 1.82) is 0 Å².